The molecule has 0 saturated carbocycles. The van der Waals surface area contributed by atoms with Crippen molar-refractivity contribution in [1.29, 1.82) is 0 Å². The topological polar surface area (TPSA) is 56.0 Å². The third-order valence-electron chi connectivity index (χ3n) is 2.37. The lowest BCUT2D eigenvalue weighted by Gasteiger charge is -2.03. The van der Waals surface area contributed by atoms with Crippen LogP contribution in [0.15, 0.2) is 36.5 Å². The fraction of sp³-hybridized carbons (Fsp3) is 0.0833. The number of benzene rings is 1. The highest BCUT2D eigenvalue weighted by atomic mass is 19.1. The summed E-state index contributed by atoms with van der Waals surface area (Å²) in [6.07, 6.45) is 1.57. The molecule has 0 aliphatic heterocycles. The molecule has 0 N–H and O–H groups in total. The largest absolute Gasteiger partial charge is 0.272 e. The van der Waals surface area contributed by atoms with E-state index >= 15 is 0 Å². The number of rotatable bonds is 2. The van der Waals surface area contributed by atoms with Crippen molar-refractivity contribution in [2.24, 2.45) is 0 Å². The van der Waals surface area contributed by atoms with Crippen LogP contribution in [0.4, 0.5) is 10.1 Å². The average molecular weight is 232 g/mol. The molecule has 0 bridgehead atoms. The van der Waals surface area contributed by atoms with Crippen LogP contribution in [-0.4, -0.2) is 9.91 Å². The van der Waals surface area contributed by atoms with Gasteiger partial charge in [-0.05, 0) is 30.7 Å². The number of nitrogens with zero attached hydrogens (tertiary/aromatic N) is 2. The van der Waals surface area contributed by atoms with E-state index in [0.29, 0.717) is 11.1 Å². The van der Waals surface area contributed by atoms with E-state index in [1.807, 2.05) is 0 Å². The van der Waals surface area contributed by atoms with Crippen LogP contribution in [0.3, 0.4) is 0 Å². The Morgan fingerprint density at radius 2 is 2.06 bits per heavy atom. The normalized spacial score (nSPS) is 10.2. The molecule has 0 amide bonds. The molecule has 0 aliphatic rings. The molecule has 0 fully saturated rings. The molecule has 0 radical (unpaired) electrons. The fourth-order valence-electron chi connectivity index (χ4n) is 1.56. The smallest absolute Gasteiger partial charge is 0.262 e. The summed E-state index contributed by atoms with van der Waals surface area (Å²) in [4.78, 5) is 13.9. The number of pyridine rings is 1. The van der Waals surface area contributed by atoms with Gasteiger partial charge in [-0.15, -0.1) is 0 Å². The molecule has 17 heavy (non-hydrogen) atoms. The minimum Gasteiger partial charge on any atom is -0.262 e. The quantitative estimate of drug-likeness (QED) is 0.590. The number of aromatic nitrogens is 1. The van der Waals surface area contributed by atoms with E-state index in [1.165, 1.54) is 12.1 Å². The van der Waals surface area contributed by atoms with Gasteiger partial charge in [0.25, 0.3) is 5.69 Å². The van der Waals surface area contributed by atoms with Gasteiger partial charge in [-0.1, -0.05) is 0 Å². The Labute approximate surface area is 96.9 Å². The standard InChI is InChI=1S/C12H9FN2O2/c1-8-6-9(4-5-14-8)11-3-2-10(15(16)17)7-12(11)13/h2-7H,1H3. The van der Waals surface area contributed by atoms with E-state index in [9.17, 15) is 14.5 Å². The van der Waals surface area contributed by atoms with Crippen LogP contribution >= 0.6 is 0 Å². The summed E-state index contributed by atoms with van der Waals surface area (Å²) in [6, 6.07) is 7.00. The third-order valence-corrected chi connectivity index (χ3v) is 2.37. The minimum atomic E-state index is -0.620. The van der Waals surface area contributed by atoms with Crippen LogP contribution < -0.4 is 0 Å². The molecule has 1 aromatic heterocycles. The van der Waals surface area contributed by atoms with E-state index in [4.69, 9.17) is 0 Å². The highest BCUT2D eigenvalue weighted by molar-refractivity contribution is 5.65. The van der Waals surface area contributed by atoms with Crippen LogP contribution in [0.25, 0.3) is 11.1 Å². The first kappa shape index (κ1) is 11.2. The maximum absolute atomic E-state index is 13.7. The predicted octanol–water partition coefficient (Wildman–Crippen LogP) is 3.10. The number of hydrogen-bond acceptors (Lipinski definition) is 3. The second kappa shape index (κ2) is 4.29. The zero-order chi connectivity index (χ0) is 12.4. The van der Waals surface area contributed by atoms with Gasteiger partial charge in [-0.3, -0.25) is 15.1 Å². The molecule has 2 aromatic rings. The summed E-state index contributed by atoms with van der Waals surface area (Å²) in [5.41, 5.74) is 1.50. The summed E-state index contributed by atoms with van der Waals surface area (Å²) in [6.45, 7) is 1.80. The maximum Gasteiger partial charge on any atom is 0.272 e. The van der Waals surface area contributed by atoms with Crippen molar-refractivity contribution in [3.05, 3.63) is 58.2 Å². The van der Waals surface area contributed by atoms with Crippen molar-refractivity contribution in [3.63, 3.8) is 0 Å². The van der Waals surface area contributed by atoms with Gasteiger partial charge >= 0.3 is 0 Å². The number of non-ortho nitro benzene ring substituents is 1. The van der Waals surface area contributed by atoms with Gasteiger partial charge < -0.3 is 0 Å². The number of halogens is 1. The molecule has 0 aliphatic carbocycles. The van der Waals surface area contributed by atoms with E-state index in [0.717, 1.165) is 11.8 Å². The highest BCUT2D eigenvalue weighted by Gasteiger charge is 2.11. The van der Waals surface area contributed by atoms with Crippen molar-refractivity contribution in [2.45, 2.75) is 6.92 Å². The lowest BCUT2D eigenvalue weighted by atomic mass is 10.1. The van der Waals surface area contributed by atoms with Crippen molar-refractivity contribution in [3.8, 4) is 11.1 Å². The molecule has 1 aromatic carbocycles. The average Bonchev–Trinajstić information content (AvgIpc) is 2.28. The van der Waals surface area contributed by atoms with Gasteiger partial charge in [0.2, 0.25) is 0 Å². The van der Waals surface area contributed by atoms with Crippen molar-refractivity contribution >= 4 is 5.69 Å². The second-order valence-corrected chi connectivity index (χ2v) is 3.61. The molecule has 2 rings (SSSR count). The van der Waals surface area contributed by atoms with Gasteiger partial charge in [-0.25, -0.2) is 4.39 Å². The number of aryl methyl sites for hydroxylation is 1. The molecule has 0 spiro atoms. The molecule has 1 heterocycles. The van der Waals surface area contributed by atoms with Gasteiger partial charge in [-0.2, -0.15) is 0 Å². The molecule has 5 heteroatoms. The Hall–Kier alpha value is -2.30. The molecular formula is C12H9FN2O2. The Morgan fingerprint density at radius 1 is 1.29 bits per heavy atom. The first-order chi connectivity index (χ1) is 8.08. The molecule has 0 unspecified atom stereocenters. The number of nitro benzene ring substituents is 1. The zero-order valence-electron chi connectivity index (χ0n) is 9.05. The van der Waals surface area contributed by atoms with E-state index in [1.54, 1.807) is 25.3 Å². The van der Waals surface area contributed by atoms with Crippen LogP contribution in [0.1, 0.15) is 5.69 Å². The number of nitro groups is 1. The summed E-state index contributed by atoms with van der Waals surface area (Å²) in [5.74, 6) is -0.607. The Morgan fingerprint density at radius 3 is 2.65 bits per heavy atom. The highest BCUT2D eigenvalue weighted by Crippen LogP contribution is 2.26. The van der Waals surface area contributed by atoms with E-state index in [2.05, 4.69) is 4.98 Å². The monoisotopic (exact) mass is 232 g/mol. The summed E-state index contributed by atoms with van der Waals surface area (Å²) in [7, 11) is 0. The van der Waals surface area contributed by atoms with Gasteiger partial charge in [0.15, 0.2) is 0 Å². The van der Waals surface area contributed by atoms with Crippen LogP contribution in [0.2, 0.25) is 0 Å². The Balaban J connectivity index is 2.50. The van der Waals surface area contributed by atoms with Crippen LogP contribution in [0, 0.1) is 22.9 Å². The SMILES string of the molecule is Cc1cc(-c2ccc([N+](=O)[O-])cc2F)ccn1. The Bertz CT molecular complexity index is 584. The first-order valence-corrected chi connectivity index (χ1v) is 4.95. The molecule has 86 valence electrons. The molecular weight excluding hydrogens is 223 g/mol. The lowest BCUT2D eigenvalue weighted by Crippen LogP contribution is -1.91. The van der Waals surface area contributed by atoms with E-state index < -0.39 is 10.7 Å². The molecule has 0 saturated heterocycles. The van der Waals surface area contributed by atoms with Gasteiger partial charge in [0, 0.05) is 23.5 Å². The van der Waals surface area contributed by atoms with Crippen LogP contribution in [0.5, 0.6) is 0 Å². The Kier molecular flexibility index (Phi) is 2.82. The summed E-state index contributed by atoms with van der Waals surface area (Å²) < 4.78 is 13.7. The van der Waals surface area contributed by atoms with Crippen LogP contribution in [-0.2, 0) is 0 Å². The predicted molar refractivity (Wildman–Crippen MR) is 61.0 cm³/mol. The fourth-order valence-corrected chi connectivity index (χ4v) is 1.56. The number of hydrogen-bond donors (Lipinski definition) is 0. The minimum absolute atomic E-state index is 0.253. The second-order valence-electron chi connectivity index (χ2n) is 3.61. The van der Waals surface area contributed by atoms with Crippen molar-refractivity contribution < 1.29 is 9.31 Å². The summed E-state index contributed by atoms with van der Waals surface area (Å²) in [5, 5.41) is 10.5. The zero-order valence-corrected chi connectivity index (χ0v) is 9.05. The first-order valence-electron chi connectivity index (χ1n) is 4.95. The lowest BCUT2D eigenvalue weighted by molar-refractivity contribution is -0.385. The maximum atomic E-state index is 13.7. The van der Waals surface area contributed by atoms with Crippen molar-refractivity contribution in [2.75, 3.05) is 0 Å². The third kappa shape index (κ3) is 2.28. The van der Waals surface area contributed by atoms with Crippen molar-refractivity contribution in [1.82, 2.24) is 4.98 Å². The van der Waals surface area contributed by atoms with Gasteiger partial charge in [0.1, 0.15) is 5.82 Å². The summed E-state index contributed by atoms with van der Waals surface area (Å²) >= 11 is 0. The van der Waals surface area contributed by atoms with E-state index in [-0.39, 0.29) is 5.69 Å². The van der Waals surface area contributed by atoms with Gasteiger partial charge in [0.05, 0.1) is 11.0 Å². The molecule has 4 nitrogen and oxygen atoms in total. The molecule has 0 atom stereocenters.